The largest absolute Gasteiger partial charge is 0.493 e. The molecule has 13 heteroatoms. The fraction of sp³-hybridized carbons (Fsp3) is 0.0833. The smallest absolute Gasteiger partial charge is 0.329 e. The van der Waals surface area contributed by atoms with Crippen molar-refractivity contribution in [1.82, 2.24) is 5.43 Å². The second-order valence-corrected chi connectivity index (χ2v) is 9.08. The molecule has 0 aliphatic rings. The summed E-state index contributed by atoms with van der Waals surface area (Å²) >= 11 is 13.9. The Bertz CT molecular complexity index is 1360. The van der Waals surface area contributed by atoms with Gasteiger partial charge in [-0.3, -0.25) is 14.4 Å². The molecular weight excluding hydrogens is 641 g/mol. The third kappa shape index (κ3) is 8.03. The van der Waals surface area contributed by atoms with Crippen LogP contribution in [0.3, 0.4) is 0 Å². The number of amides is 3. The Morgan fingerprint density at radius 1 is 1.05 bits per heavy atom. The highest BCUT2D eigenvalue weighted by atomic mass is 127. The summed E-state index contributed by atoms with van der Waals surface area (Å²) in [5.74, 6) is -2.26. The first-order valence-corrected chi connectivity index (χ1v) is 12.2. The first-order chi connectivity index (χ1) is 17.7. The molecule has 3 aromatic rings. The van der Waals surface area contributed by atoms with Crippen molar-refractivity contribution in [2.24, 2.45) is 5.10 Å². The summed E-state index contributed by atoms with van der Waals surface area (Å²) in [5.41, 5.74) is 3.24. The summed E-state index contributed by atoms with van der Waals surface area (Å²) in [6, 6.07) is 13.2. The summed E-state index contributed by atoms with van der Waals surface area (Å²) in [7, 11) is 1.42. The van der Waals surface area contributed by atoms with Crippen LogP contribution >= 0.6 is 45.8 Å². The molecule has 0 bridgehead atoms. The highest BCUT2D eigenvalue weighted by Gasteiger charge is 2.16. The molecule has 3 aromatic carbocycles. The lowest BCUT2D eigenvalue weighted by Crippen LogP contribution is -2.32. The molecule has 0 aromatic heterocycles. The van der Waals surface area contributed by atoms with Gasteiger partial charge in [0.2, 0.25) is 0 Å². The van der Waals surface area contributed by atoms with Crippen LogP contribution in [0.5, 0.6) is 11.5 Å². The van der Waals surface area contributed by atoms with Crippen molar-refractivity contribution >= 4 is 81.1 Å². The van der Waals surface area contributed by atoms with Gasteiger partial charge in [-0.15, -0.1) is 0 Å². The summed E-state index contributed by atoms with van der Waals surface area (Å²) < 4.78 is 24.6. The molecule has 0 spiro atoms. The van der Waals surface area contributed by atoms with Gasteiger partial charge in [-0.25, -0.2) is 9.82 Å². The lowest BCUT2D eigenvalue weighted by Gasteiger charge is -2.13. The van der Waals surface area contributed by atoms with E-state index >= 15 is 0 Å². The molecule has 0 aliphatic heterocycles. The molecule has 3 N–H and O–H groups in total. The number of anilines is 2. The Balaban J connectivity index is 1.59. The van der Waals surface area contributed by atoms with Crippen molar-refractivity contribution in [2.75, 3.05) is 24.4 Å². The maximum absolute atomic E-state index is 13.0. The third-order valence-electron chi connectivity index (χ3n) is 4.51. The van der Waals surface area contributed by atoms with Gasteiger partial charge in [-0.05, 0) is 76.7 Å². The van der Waals surface area contributed by atoms with Crippen LogP contribution in [0.4, 0.5) is 15.8 Å². The molecule has 0 unspecified atom stereocenters. The third-order valence-corrected chi connectivity index (χ3v) is 6.13. The van der Waals surface area contributed by atoms with E-state index in [2.05, 4.69) is 21.2 Å². The van der Waals surface area contributed by atoms with Crippen molar-refractivity contribution in [1.29, 1.82) is 0 Å². The van der Waals surface area contributed by atoms with Gasteiger partial charge in [0.05, 0.1) is 32.6 Å². The van der Waals surface area contributed by atoms with Crippen molar-refractivity contribution in [3.63, 3.8) is 0 Å². The Kier molecular flexibility index (Phi) is 10.1. The number of halogens is 4. The standard InChI is InChI=1S/C24H18Cl2FIN4O5/c1-36-19-10-13(11-29-32-24(35)23(34)31-18-4-2-3-16(25)21(18)26)9-17(28)22(19)37-12-20(33)30-15-7-5-14(27)6-8-15/h2-11H,12H2,1H3,(H,30,33)(H,31,34)(H,32,35)/b29-11-. The average Bonchev–Trinajstić information content (AvgIpc) is 2.87. The number of benzene rings is 3. The highest BCUT2D eigenvalue weighted by Crippen LogP contribution is 2.33. The molecule has 0 radical (unpaired) electrons. The van der Waals surface area contributed by atoms with Crippen LogP contribution in [-0.2, 0) is 14.4 Å². The zero-order chi connectivity index (χ0) is 26.9. The minimum Gasteiger partial charge on any atom is -0.493 e. The second-order valence-electron chi connectivity index (χ2n) is 7.13. The first kappa shape index (κ1) is 28.2. The van der Waals surface area contributed by atoms with E-state index in [1.54, 1.807) is 24.3 Å². The van der Waals surface area contributed by atoms with Gasteiger partial charge < -0.3 is 20.1 Å². The number of carbonyl (C=O) groups is 3. The number of nitrogens with zero attached hydrogens (tertiary/aromatic N) is 1. The number of hydrogen-bond donors (Lipinski definition) is 3. The molecule has 0 saturated carbocycles. The van der Waals surface area contributed by atoms with Crippen LogP contribution in [0.15, 0.2) is 59.7 Å². The Labute approximate surface area is 234 Å². The molecule has 3 rings (SSSR count). The van der Waals surface area contributed by atoms with E-state index in [9.17, 15) is 18.8 Å². The molecular formula is C24H18Cl2FIN4O5. The Hall–Kier alpha value is -3.42. The molecule has 0 saturated heterocycles. The number of hydrazone groups is 1. The summed E-state index contributed by atoms with van der Waals surface area (Å²) in [6.45, 7) is -0.320. The van der Waals surface area contributed by atoms with Crippen LogP contribution in [0.1, 0.15) is 5.56 Å². The number of hydrogen-bond acceptors (Lipinski definition) is 6. The topological polar surface area (TPSA) is 118 Å². The fourth-order valence-corrected chi connectivity index (χ4v) is 3.95. The van der Waals surface area contributed by atoms with Gasteiger partial charge in [0.1, 0.15) is 5.82 Å². The predicted molar refractivity (Wildman–Crippen MR) is 147 cm³/mol. The van der Waals surface area contributed by atoms with E-state index in [-0.39, 0.29) is 22.3 Å². The van der Waals surface area contributed by atoms with E-state index in [4.69, 9.17) is 32.7 Å². The van der Waals surface area contributed by atoms with Gasteiger partial charge >= 0.3 is 11.8 Å². The lowest BCUT2D eigenvalue weighted by atomic mass is 10.2. The number of nitrogens with one attached hydrogen (secondary N) is 3. The summed E-state index contributed by atoms with van der Waals surface area (Å²) in [5, 5.41) is 9.05. The van der Waals surface area contributed by atoms with Gasteiger partial charge in [0.15, 0.2) is 18.1 Å². The molecule has 37 heavy (non-hydrogen) atoms. The molecule has 0 atom stereocenters. The van der Waals surface area contributed by atoms with Crippen LogP contribution in [0.25, 0.3) is 0 Å². The maximum Gasteiger partial charge on any atom is 0.329 e. The zero-order valence-corrected chi connectivity index (χ0v) is 22.7. The van der Waals surface area contributed by atoms with E-state index in [1.165, 1.54) is 43.7 Å². The molecule has 9 nitrogen and oxygen atoms in total. The monoisotopic (exact) mass is 658 g/mol. The minimum absolute atomic E-state index is 0.103. The number of carbonyl (C=O) groups excluding carboxylic acids is 3. The van der Waals surface area contributed by atoms with Gasteiger partial charge in [0, 0.05) is 5.69 Å². The van der Waals surface area contributed by atoms with Crippen LogP contribution in [0.2, 0.25) is 10.0 Å². The first-order valence-electron chi connectivity index (χ1n) is 10.3. The van der Waals surface area contributed by atoms with E-state index in [0.29, 0.717) is 26.3 Å². The Morgan fingerprint density at radius 3 is 2.49 bits per heavy atom. The van der Waals surface area contributed by atoms with E-state index < -0.39 is 23.5 Å². The average molecular weight is 659 g/mol. The predicted octanol–water partition coefficient (Wildman–Crippen LogP) is 4.85. The molecule has 0 fully saturated rings. The fourth-order valence-electron chi connectivity index (χ4n) is 2.82. The molecule has 3 amide bonds. The molecule has 0 heterocycles. The van der Waals surface area contributed by atoms with Crippen molar-refractivity contribution in [2.45, 2.75) is 0 Å². The maximum atomic E-state index is 13.0. The van der Waals surface area contributed by atoms with Crippen LogP contribution < -0.4 is 25.5 Å². The Morgan fingerprint density at radius 2 is 1.78 bits per heavy atom. The number of ether oxygens (including phenoxy) is 2. The minimum atomic E-state index is -1.03. The van der Waals surface area contributed by atoms with Crippen LogP contribution in [-0.4, -0.2) is 37.7 Å². The highest BCUT2D eigenvalue weighted by molar-refractivity contribution is 14.1. The number of rotatable bonds is 8. The van der Waals surface area contributed by atoms with Gasteiger partial charge in [-0.1, -0.05) is 29.3 Å². The normalized spacial score (nSPS) is 10.6. The molecule has 0 aliphatic carbocycles. The van der Waals surface area contributed by atoms with E-state index in [0.717, 1.165) is 0 Å². The second kappa shape index (κ2) is 13.2. The molecule has 192 valence electrons. The van der Waals surface area contributed by atoms with E-state index in [1.807, 2.05) is 22.6 Å². The van der Waals surface area contributed by atoms with Crippen molar-refractivity contribution < 1.29 is 28.2 Å². The lowest BCUT2D eigenvalue weighted by molar-refractivity contribution is -0.136. The summed E-state index contributed by atoms with van der Waals surface area (Å²) in [4.78, 5) is 36.3. The zero-order valence-electron chi connectivity index (χ0n) is 19.0. The van der Waals surface area contributed by atoms with Crippen LogP contribution in [0, 0.1) is 9.39 Å². The summed E-state index contributed by atoms with van der Waals surface area (Å²) in [6.07, 6.45) is 1.30. The SMILES string of the molecule is COc1cc(/C=N\NC(=O)C(=O)Nc2cccc(Cl)c2Cl)cc(I)c1OCC(=O)Nc1ccc(F)cc1. The quantitative estimate of drug-likeness (QED) is 0.138. The number of methoxy groups -OCH3 is 1. The van der Waals surface area contributed by atoms with Crippen molar-refractivity contribution in [3.05, 3.63) is 79.6 Å². The van der Waals surface area contributed by atoms with Crippen molar-refractivity contribution in [3.8, 4) is 11.5 Å². The van der Waals surface area contributed by atoms with Gasteiger partial charge in [0.25, 0.3) is 5.91 Å². The van der Waals surface area contributed by atoms with Gasteiger partial charge in [-0.2, -0.15) is 5.10 Å².